The van der Waals surface area contributed by atoms with Crippen molar-refractivity contribution in [1.29, 1.82) is 0 Å². The fourth-order valence-electron chi connectivity index (χ4n) is 3.25. The highest BCUT2D eigenvalue weighted by Gasteiger charge is 2.25. The van der Waals surface area contributed by atoms with Crippen LogP contribution in [0.4, 0.5) is 5.13 Å². The number of rotatable bonds is 9. The number of amides is 1. The van der Waals surface area contributed by atoms with E-state index >= 15 is 0 Å². The summed E-state index contributed by atoms with van der Waals surface area (Å²) in [4.78, 5) is 23.4. The Morgan fingerprint density at radius 3 is 2.57 bits per heavy atom. The number of thioether (sulfide) groups is 1. The lowest BCUT2D eigenvalue weighted by atomic mass is 10.2. The van der Waals surface area contributed by atoms with Crippen LogP contribution in [-0.2, 0) is 0 Å². The van der Waals surface area contributed by atoms with E-state index < -0.39 is 0 Å². The molecule has 0 atom stereocenters. The standard InChI is InChI=1S/C22H26ClN3O2S2/c1-5-25(6-2)13-14-26(21(27)15-9-7-8-10-18(15)29-4)22-24-19-17(28-3)12-11-16(23)20(19)30-22/h7-12H,5-6,13-14H2,1-4H3. The number of nitrogens with zero attached hydrogens (tertiary/aromatic N) is 3. The number of fused-ring (bicyclic) bond motifs is 1. The molecule has 0 saturated carbocycles. The lowest BCUT2D eigenvalue weighted by Crippen LogP contribution is -2.39. The van der Waals surface area contributed by atoms with Gasteiger partial charge in [0.2, 0.25) is 0 Å². The minimum Gasteiger partial charge on any atom is -0.494 e. The highest BCUT2D eigenvalue weighted by molar-refractivity contribution is 7.98. The predicted molar refractivity (Wildman–Crippen MR) is 129 cm³/mol. The van der Waals surface area contributed by atoms with Gasteiger partial charge in [-0.05, 0) is 43.6 Å². The third kappa shape index (κ3) is 4.75. The Bertz CT molecular complexity index is 1020. The second-order valence-corrected chi connectivity index (χ2v) is 8.84. The van der Waals surface area contributed by atoms with Gasteiger partial charge in [0.15, 0.2) is 5.13 Å². The van der Waals surface area contributed by atoms with Gasteiger partial charge in [0.1, 0.15) is 11.3 Å². The Kier molecular flexibility index (Phi) is 7.99. The van der Waals surface area contributed by atoms with E-state index in [-0.39, 0.29) is 5.91 Å². The number of benzene rings is 2. The number of ether oxygens (including phenoxy) is 1. The van der Waals surface area contributed by atoms with Gasteiger partial charge >= 0.3 is 0 Å². The van der Waals surface area contributed by atoms with Gasteiger partial charge in [0, 0.05) is 18.0 Å². The molecule has 0 aliphatic rings. The summed E-state index contributed by atoms with van der Waals surface area (Å²) in [6, 6.07) is 11.3. The number of aromatic nitrogens is 1. The largest absolute Gasteiger partial charge is 0.494 e. The highest BCUT2D eigenvalue weighted by atomic mass is 35.5. The second kappa shape index (κ2) is 10.5. The number of carbonyl (C=O) groups excluding carboxylic acids is 1. The zero-order chi connectivity index (χ0) is 21.7. The lowest BCUT2D eigenvalue weighted by Gasteiger charge is -2.25. The van der Waals surface area contributed by atoms with Crippen molar-refractivity contribution in [1.82, 2.24) is 9.88 Å². The molecular weight excluding hydrogens is 438 g/mol. The van der Waals surface area contributed by atoms with E-state index in [1.165, 1.54) is 11.3 Å². The predicted octanol–water partition coefficient (Wildman–Crippen LogP) is 5.67. The van der Waals surface area contributed by atoms with Gasteiger partial charge in [-0.25, -0.2) is 4.98 Å². The zero-order valence-corrected chi connectivity index (χ0v) is 20.0. The van der Waals surface area contributed by atoms with Crippen LogP contribution in [-0.4, -0.2) is 55.3 Å². The van der Waals surface area contributed by atoms with Gasteiger partial charge in [-0.3, -0.25) is 9.69 Å². The number of carbonyl (C=O) groups is 1. The van der Waals surface area contributed by atoms with Crippen LogP contribution in [0.2, 0.25) is 5.02 Å². The second-order valence-electron chi connectivity index (χ2n) is 6.61. The number of anilines is 1. The lowest BCUT2D eigenvalue weighted by molar-refractivity contribution is 0.0981. The minimum absolute atomic E-state index is 0.0544. The number of thiazole rings is 1. The molecule has 0 aliphatic heterocycles. The maximum Gasteiger partial charge on any atom is 0.261 e. The number of hydrogen-bond donors (Lipinski definition) is 0. The first-order chi connectivity index (χ1) is 14.5. The highest BCUT2D eigenvalue weighted by Crippen LogP contribution is 2.39. The van der Waals surface area contributed by atoms with Gasteiger partial charge in [0.25, 0.3) is 5.91 Å². The molecule has 1 amide bonds. The monoisotopic (exact) mass is 463 g/mol. The molecule has 0 saturated heterocycles. The molecule has 5 nitrogen and oxygen atoms in total. The molecular formula is C22H26ClN3O2S2. The van der Waals surface area contributed by atoms with Crippen LogP contribution in [0, 0.1) is 0 Å². The number of halogens is 1. The van der Waals surface area contributed by atoms with Crippen molar-refractivity contribution in [2.75, 3.05) is 44.4 Å². The van der Waals surface area contributed by atoms with Crippen molar-refractivity contribution in [3.05, 3.63) is 47.0 Å². The van der Waals surface area contributed by atoms with Crippen LogP contribution in [0.25, 0.3) is 10.2 Å². The molecule has 0 fully saturated rings. The zero-order valence-electron chi connectivity index (χ0n) is 17.6. The summed E-state index contributed by atoms with van der Waals surface area (Å²) < 4.78 is 6.28. The molecule has 0 aliphatic carbocycles. The quantitative estimate of drug-likeness (QED) is 0.382. The van der Waals surface area contributed by atoms with Gasteiger partial charge < -0.3 is 9.64 Å². The molecule has 3 aromatic rings. The summed E-state index contributed by atoms with van der Waals surface area (Å²) in [6.07, 6.45) is 1.98. The van der Waals surface area contributed by atoms with E-state index in [0.29, 0.717) is 33.5 Å². The van der Waals surface area contributed by atoms with Gasteiger partial charge in [-0.2, -0.15) is 0 Å². The maximum absolute atomic E-state index is 13.6. The normalized spacial score (nSPS) is 11.3. The molecule has 0 radical (unpaired) electrons. The molecule has 2 aromatic carbocycles. The Hall–Kier alpha value is -1.80. The van der Waals surface area contributed by atoms with Crippen LogP contribution < -0.4 is 9.64 Å². The number of likely N-dealkylation sites (N-methyl/N-ethyl adjacent to an activating group) is 1. The average Bonchev–Trinajstić information content (AvgIpc) is 3.22. The van der Waals surface area contributed by atoms with Crippen molar-refractivity contribution in [3.8, 4) is 5.75 Å². The Morgan fingerprint density at radius 1 is 1.17 bits per heavy atom. The third-order valence-corrected chi connectivity index (χ3v) is 7.35. The van der Waals surface area contributed by atoms with Gasteiger partial charge in [-0.15, -0.1) is 11.8 Å². The minimum atomic E-state index is -0.0544. The van der Waals surface area contributed by atoms with Crippen LogP contribution in [0.5, 0.6) is 5.75 Å². The first kappa shape index (κ1) is 22.9. The summed E-state index contributed by atoms with van der Waals surface area (Å²) in [5.41, 5.74) is 1.37. The maximum atomic E-state index is 13.6. The fraction of sp³-hybridized carbons (Fsp3) is 0.364. The fourth-order valence-corrected chi connectivity index (χ4v) is 5.12. The molecule has 160 valence electrons. The summed E-state index contributed by atoms with van der Waals surface area (Å²) in [7, 11) is 1.61. The van der Waals surface area contributed by atoms with E-state index in [2.05, 4.69) is 18.7 Å². The summed E-state index contributed by atoms with van der Waals surface area (Å²) in [6.45, 7) is 7.42. The molecule has 3 rings (SSSR count). The van der Waals surface area contributed by atoms with Crippen LogP contribution in [0.15, 0.2) is 41.3 Å². The molecule has 8 heteroatoms. The summed E-state index contributed by atoms with van der Waals surface area (Å²) in [5, 5.41) is 1.24. The summed E-state index contributed by atoms with van der Waals surface area (Å²) in [5.74, 6) is 0.596. The third-order valence-electron chi connectivity index (χ3n) is 5.01. The average molecular weight is 464 g/mol. The number of methoxy groups -OCH3 is 1. The van der Waals surface area contributed by atoms with Crippen molar-refractivity contribution >= 4 is 56.0 Å². The van der Waals surface area contributed by atoms with E-state index in [9.17, 15) is 4.79 Å². The van der Waals surface area contributed by atoms with Crippen molar-refractivity contribution < 1.29 is 9.53 Å². The van der Waals surface area contributed by atoms with Crippen molar-refractivity contribution in [2.24, 2.45) is 0 Å². The molecule has 0 N–H and O–H groups in total. The smallest absolute Gasteiger partial charge is 0.261 e. The Morgan fingerprint density at radius 2 is 1.90 bits per heavy atom. The topological polar surface area (TPSA) is 45.7 Å². The molecule has 1 aromatic heterocycles. The molecule has 1 heterocycles. The summed E-state index contributed by atoms with van der Waals surface area (Å²) >= 11 is 9.41. The SMILES string of the molecule is CCN(CC)CCN(C(=O)c1ccccc1SC)c1nc2c(OC)ccc(Cl)c2s1. The van der Waals surface area contributed by atoms with E-state index in [1.54, 1.807) is 35.9 Å². The van der Waals surface area contributed by atoms with Gasteiger partial charge in [-0.1, -0.05) is 48.9 Å². The molecule has 0 bridgehead atoms. The van der Waals surface area contributed by atoms with E-state index in [0.717, 1.165) is 29.2 Å². The number of hydrogen-bond acceptors (Lipinski definition) is 6. The van der Waals surface area contributed by atoms with E-state index in [4.69, 9.17) is 21.3 Å². The van der Waals surface area contributed by atoms with Crippen LogP contribution >= 0.6 is 34.7 Å². The van der Waals surface area contributed by atoms with E-state index in [1.807, 2.05) is 30.5 Å². The van der Waals surface area contributed by atoms with Gasteiger partial charge in [0.05, 0.1) is 22.4 Å². The van der Waals surface area contributed by atoms with Crippen molar-refractivity contribution in [3.63, 3.8) is 0 Å². The first-order valence-electron chi connectivity index (χ1n) is 9.84. The molecule has 0 spiro atoms. The van der Waals surface area contributed by atoms with Crippen LogP contribution in [0.3, 0.4) is 0 Å². The first-order valence-corrected chi connectivity index (χ1v) is 12.3. The Balaban J connectivity index is 2.06. The Labute approximate surface area is 191 Å². The molecule has 30 heavy (non-hydrogen) atoms. The van der Waals surface area contributed by atoms with Crippen molar-refractivity contribution in [2.45, 2.75) is 18.7 Å². The molecule has 0 unspecified atom stereocenters. The van der Waals surface area contributed by atoms with Crippen LogP contribution in [0.1, 0.15) is 24.2 Å².